The van der Waals surface area contributed by atoms with Gasteiger partial charge in [-0.15, -0.1) is 0 Å². The Bertz CT molecular complexity index is 312. The molecule has 0 atom stereocenters. The van der Waals surface area contributed by atoms with Crippen LogP contribution in [0.15, 0.2) is 49.1 Å². The highest BCUT2D eigenvalue weighted by Crippen LogP contribution is 2.04. The number of rotatable bonds is 4. The van der Waals surface area contributed by atoms with Gasteiger partial charge in [-0.2, -0.15) is 0 Å². The normalized spacial score (nSPS) is 9.06. The fourth-order valence-corrected chi connectivity index (χ4v) is 1.18. The van der Waals surface area contributed by atoms with Crippen molar-refractivity contribution in [1.29, 1.82) is 0 Å². The smallest absolute Gasteiger partial charge is 0.0919 e. The molecule has 1 aromatic heterocycles. The van der Waals surface area contributed by atoms with Gasteiger partial charge in [0.25, 0.3) is 0 Å². The topological polar surface area (TPSA) is 40.7 Å². The van der Waals surface area contributed by atoms with Crippen molar-refractivity contribution in [3.63, 3.8) is 0 Å². The van der Waals surface area contributed by atoms with Crippen LogP contribution in [-0.2, 0) is 0 Å². The van der Waals surface area contributed by atoms with Crippen LogP contribution < -0.4 is 5.32 Å². The number of unbranched alkanes of at least 4 members (excludes halogenated alkanes) is 1. The van der Waals surface area contributed by atoms with Crippen LogP contribution in [-0.4, -0.2) is 16.5 Å². The minimum Gasteiger partial charge on any atom is -0.385 e. The molecule has 0 unspecified atom stereocenters. The Hall–Kier alpha value is -1.77. The second-order valence-corrected chi connectivity index (χ2v) is 3.41. The number of hydrogen-bond acceptors (Lipinski definition) is 2. The largest absolute Gasteiger partial charge is 0.385 e. The molecule has 1 heterocycles. The number of H-pyrrole nitrogens is 1. The summed E-state index contributed by atoms with van der Waals surface area (Å²) in [6.45, 7) is 3.28. The predicted molar refractivity (Wildman–Crippen MR) is 68.4 cm³/mol. The molecule has 86 valence electrons. The van der Waals surface area contributed by atoms with E-state index in [1.165, 1.54) is 18.5 Å². The first-order chi connectivity index (χ1) is 7.93. The van der Waals surface area contributed by atoms with Crippen molar-refractivity contribution in [3.8, 4) is 0 Å². The van der Waals surface area contributed by atoms with Crippen molar-refractivity contribution in [2.45, 2.75) is 19.8 Å². The van der Waals surface area contributed by atoms with Gasteiger partial charge in [0.05, 0.1) is 6.33 Å². The summed E-state index contributed by atoms with van der Waals surface area (Å²) in [5, 5.41) is 3.35. The van der Waals surface area contributed by atoms with Gasteiger partial charge in [-0.05, 0) is 18.6 Å². The number of aromatic nitrogens is 2. The molecule has 0 aliphatic carbocycles. The lowest BCUT2D eigenvalue weighted by molar-refractivity contribution is 0.834. The van der Waals surface area contributed by atoms with Crippen LogP contribution in [0, 0.1) is 0 Å². The summed E-state index contributed by atoms with van der Waals surface area (Å²) in [7, 11) is 0. The Morgan fingerprint density at radius 1 is 1.25 bits per heavy atom. The first-order valence-corrected chi connectivity index (χ1v) is 5.65. The number of anilines is 1. The van der Waals surface area contributed by atoms with Crippen molar-refractivity contribution in [2.24, 2.45) is 0 Å². The summed E-state index contributed by atoms with van der Waals surface area (Å²) >= 11 is 0. The molecule has 2 aromatic rings. The van der Waals surface area contributed by atoms with E-state index in [-0.39, 0.29) is 0 Å². The minimum absolute atomic E-state index is 1.08. The van der Waals surface area contributed by atoms with E-state index in [9.17, 15) is 0 Å². The number of hydrogen-bond donors (Lipinski definition) is 2. The lowest BCUT2D eigenvalue weighted by atomic mass is 10.3. The first-order valence-electron chi connectivity index (χ1n) is 5.65. The number of nitrogens with one attached hydrogen (secondary N) is 2. The highest BCUT2D eigenvalue weighted by Gasteiger charge is 1.86. The van der Waals surface area contributed by atoms with Gasteiger partial charge < -0.3 is 10.3 Å². The minimum atomic E-state index is 1.08. The fourth-order valence-electron chi connectivity index (χ4n) is 1.18. The van der Waals surface area contributed by atoms with Gasteiger partial charge in [0.1, 0.15) is 0 Å². The molecule has 2 rings (SSSR count). The highest BCUT2D eigenvalue weighted by molar-refractivity contribution is 5.42. The Morgan fingerprint density at radius 3 is 2.56 bits per heavy atom. The summed E-state index contributed by atoms with van der Waals surface area (Å²) in [5.41, 5.74) is 1.22. The third-order valence-electron chi connectivity index (χ3n) is 2.04. The van der Waals surface area contributed by atoms with E-state index in [1.54, 1.807) is 18.7 Å². The van der Waals surface area contributed by atoms with E-state index in [0.29, 0.717) is 0 Å². The number of benzene rings is 1. The van der Waals surface area contributed by atoms with Crippen LogP contribution in [0.2, 0.25) is 0 Å². The van der Waals surface area contributed by atoms with Crippen molar-refractivity contribution in [1.82, 2.24) is 9.97 Å². The monoisotopic (exact) mass is 217 g/mol. The van der Waals surface area contributed by atoms with Crippen molar-refractivity contribution in [3.05, 3.63) is 49.1 Å². The summed E-state index contributed by atoms with van der Waals surface area (Å²) in [5.74, 6) is 0. The van der Waals surface area contributed by atoms with E-state index in [4.69, 9.17) is 0 Å². The van der Waals surface area contributed by atoms with Crippen LogP contribution >= 0.6 is 0 Å². The number of nitrogens with zero attached hydrogens (tertiary/aromatic N) is 1. The van der Waals surface area contributed by atoms with Crippen LogP contribution in [0.1, 0.15) is 19.8 Å². The van der Waals surface area contributed by atoms with E-state index in [1.807, 2.05) is 18.2 Å². The molecular formula is C13H19N3. The van der Waals surface area contributed by atoms with E-state index >= 15 is 0 Å². The predicted octanol–water partition coefficient (Wildman–Crippen LogP) is 3.31. The summed E-state index contributed by atoms with van der Waals surface area (Å²) in [6, 6.07) is 10.3. The maximum absolute atomic E-state index is 3.67. The molecular weight excluding hydrogens is 198 g/mol. The van der Waals surface area contributed by atoms with Crippen LogP contribution in [0.3, 0.4) is 0 Å². The Kier molecular flexibility index (Phi) is 6.56. The van der Waals surface area contributed by atoms with Crippen LogP contribution in [0.5, 0.6) is 0 Å². The molecule has 1 aromatic carbocycles. The lowest BCUT2D eigenvalue weighted by Gasteiger charge is -2.03. The molecule has 3 heteroatoms. The third-order valence-corrected chi connectivity index (χ3v) is 2.04. The average Bonchev–Trinajstić information content (AvgIpc) is 2.90. The Morgan fingerprint density at radius 2 is 2.06 bits per heavy atom. The molecule has 0 bridgehead atoms. The Balaban J connectivity index is 0.000000212. The zero-order chi connectivity index (χ0) is 11.5. The van der Waals surface area contributed by atoms with Crippen molar-refractivity contribution < 1.29 is 0 Å². The third kappa shape index (κ3) is 5.86. The molecule has 0 fully saturated rings. The molecule has 0 amide bonds. The highest BCUT2D eigenvalue weighted by atomic mass is 14.9. The lowest BCUT2D eigenvalue weighted by Crippen LogP contribution is -1.99. The van der Waals surface area contributed by atoms with Gasteiger partial charge in [0.2, 0.25) is 0 Å². The molecule has 0 radical (unpaired) electrons. The van der Waals surface area contributed by atoms with Gasteiger partial charge in [0.15, 0.2) is 0 Å². The second-order valence-electron chi connectivity index (χ2n) is 3.41. The molecule has 0 spiro atoms. The molecule has 16 heavy (non-hydrogen) atoms. The first kappa shape index (κ1) is 12.3. The van der Waals surface area contributed by atoms with Gasteiger partial charge in [-0.1, -0.05) is 31.5 Å². The molecule has 0 saturated carbocycles. The fraction of sp³-hybridized carbons (Fsp3) is 0.308. The van der Waals surface area contributed by atoms with Crippen molar-refractivity contribution >= 4 is 5.69 Å². The standard InChI is InChI=1S/C10H15N.C3H4N2/c1-2-3-9-11-10-7-5-4-6-8-10;1-2-5-3-4-1/h4-8,11H,2-3,9H2,1H3;1-3H,(H,4,5). The molecule has 0 aliphatic heterocycles. The molecule has 3 nitrogen and oxygen atoms in total. The van der Waals surface area contributed by atoms with E-state index in [0.717, 1.165) is 6.54 Å². The maximum Gasteiger partial charge on any atom is 0.0919 e. The van der Waals surface area contributed by atoms with E-state index < -0.39 is 0 Å². The van der Waals surface area contributed by atoms with Gasteiger partial charge in [-0.25, -0.2) is 4.98 Å². The van der Waals surface area contributed by atoms with E-state index in [2.05, 4.69) is 34.3 Å². The number of imidazole rings is 1. The zero-order valence-corrected chi connectivity index (χ0v) is 9.69. The molecule has 0 aliphatic rings. The van der Waals surface area contributed by atoms with Gasteiger partial charge in [0, 0.05) is 24.6 Å². The molecule has 2 N–H and O–H groups in total. The summed E-state index contributed by atoms with van der Waals surface area (Å²) in [6.07, 6.45) is 7.58. The average molecular weight is 217 g/mol. The molecule has 0 saturated heterocycles. The van der Waals surface area contributed by atoms with Gasteiger partial charge >= 0.3 is 0 Å². The van der Waals surface area contributed by atoms with Crippen LogP contribution in [0.4, 0.5) is 5.69 Å². The quantitative estimate of drug-likeness (QED) is 0.771. The SMILES string of the molecule is CCCCNc1ccccc1.c1c[nH]cn1. The maximum atomic E-state index is 3.67. The number of aromatic amines is 1. The van der Waals surface area contributed by atoms with Crippen LogP contribution in [0.25, 0.3) is 0 Å². The summed E-state index contributed by atoms with van der Waals surface area (Å²) < 4.78 is 0. The second kappa shape index (κ2) is 8.53. The number of para-hydroxylation sites is 1. The van der Waals surface area contributed by atoms with Gasteiger partial charge in [-0.3, -0.25) is 0 Å². The summed E-state index contributed by atoms with van der Waals surface area (Å²) in [4.78, 5) is 6.42. The zero-order valence-electron chi connectivity index (χ0n) is 9.69. The van der Waals surface area contributed by atoms with Crippen molar-refractivity contribution in [2.75, 3.05) is 11.9 Å². The Labute approximate surface area is 96.9 Å².